The lowest BCUT2D eigenvalue weighted by molar-refractivity contribution is 0.102. The summed E-state index contributed by atoms with van der Waals surface area (Å²) in [6.45, 7) is 0. The van der Waals surface area contributed by atoms with E-state index in [0.29, 0.717) is 22.3 Å². The van der Waals surface area contributed by atoms with Crippen LogP contribution >= 0.6 is 11.6 Å². The van der Waals surface area contributed by atoms with Gasteiger partial charge in [0, 0.05) is 24.5 Å². The second-order valence-electron chi connectivity index (χ2n) is 5.46. The third-order valence-electron chi connectivity index (χ3n) is 3.78. The highest BCUT2D eigenvalue weighted by molar-refractivity contribution is 6.32. The summed E-state index contributed by atoms with van der Waals surface area (Å²) < 4.78 is 5.10. The van der Waals surface area contributed by atoms with Crippen LogP contribution in [0.2, 0.25) is 5.02 Å². The van der Waals surface area contributed by atoms with Crippen molar-refractivity contribution in [3.8, 4) is 5.75 Å². The number of hydrogen-bond donors (Lipinski definition) is 1. The molecule has 3 rings (SSSR count). The highest BCUT2D eigenvalue weighted by Crippen LogP contribution is 2.27. The molecule has 1 heterocycles. The van der Waals surface area contributed by atoms with Crippen molar-refractivity contribution in [1.29, 1.82) is 0 Å². The van der Waals surface area contributed by atoms with E-state index in [2.05, 4.69) is 15.3 Å². The lowest BCUT2D eigenvalue weighted by Gasteiger charge is -2.18. The average molecular weight is 369 g/mol. The molecule has 0 spiro atoms. The zero-order valence-corrected chi connectivity index (χ0v) is 15.1. The maximum atomic E-state index is 12.5. The molecule has 0 unspecified atom stereocenters. The first-order valence-corrected chi connectivity index (χ1v) is 8.22. The molecule has 132 valence electrons. The summed E-state index contributed by atoms with van der Waals surface area (Å²) in [5.74, 6) is 0.805. The molecular weight excluding hydrogens is 352 g/mol. The van der Waals surface area contributed by atoms with Gasteiger partial charge in [-0.1, -0.05) is 29.8 Å². The molecule has 2 aromatic carbocycles. The predicted molar refractivity (Wildman–Crippen MR) is 102 cm³/mol. The van der Waals surface area contributed by atoms with Gasteiger partial charge in [0.1, 0.15) is 23.6 Å². The summed E-state index contributed by atoms with van der Waals surface area (Å²) in [5.41, 5.74) is 1.77. The number of methoxy groups -OCH3 is 1. The summed E-state index contributed by atoms with van der Waals surface area (Å²) in [6, 6.07) is 16.4. The molecule has 0 fully saturated rings. The van der Waals surface area contributed by atoms with Crippen LogP contribution in [-0.2, 0) is 0 Å². The Morgan fingerprint density at radius 3 is 2.58 bits per heavy atom. The highest BCUT2D eigenvalue weighted by Gasteiger charge is 2.13. The number of halogens is 1. The Morgan fingerprint density at radius 1 is 1.12 bits per heavy atom. The average Bonchev–Trinajstić information content (AvgIpc) is 2.68. The normalized spacial score (nSPS) is 10.3. The van der Waals surface area contributed by atoms with Crippen molar-refractivity contribution < 1.29 is 9.53 Å². The molecule has 0 saturated carbocycles. The quantitative estimate of drug-likeness (QED) is 0.732. The van der Waals surface area contributed by atoms with Crippen molar-refractivity contribution >= 4 is 34.7 Å². The minimum absolute atomic E-state index is 0.254. The van der Waals surface area contributed by atoms with Crippen LogP contribution in [0.1, 0.15) is 10.5 Å². The van der Waals surface area contributed by atoms with E-state index in [4.69, 9.17) is 16.3 Å². The van der Waals surface area contributed by atoms with Gasteiger partial charge in [0.05, 0.1) is 12.1 Å². The van der Waals surface area contributed by atoms with Crippen LogP contribution in [0.4, 0.5) is 17.2 Å². The SMILES string of the molecule is COc1ccc(NC(=O)c2cc(N(C)c3ccccc3)ncn2)cc1Cl. The van der Waals surface area contributed by atoms with Crippen LogP contribution in [0, 0.1) is 0 Å². The molecule has 1 aromatic heterocycles. The summed E-state index contributed by atoms with van der Waals surface area (Å²) in [7, 11) is 3.41. The van der Waals surface area contributed by atoms with E-state index in [-0.39, 0.29) is 11.6 Å². The van der Waals surface area contributed by atoms with Crippen LogP contribution < -0.4 is 15.0 Å². The molecular formula is C19H17ClN4O2. The Hall–Kier alpha value is -3.12. The van der Waals surface area contributed by atoms with Crippen molar-refractivity contribution in [2.75, 3.05) is 24.4 Å². The number of carbonyl (C=O) groups is 1. The molecule has 0 bridgehead atoms. The summed E-state index contributed by atoms with van der Waals surface area (Å²) in [5, 5.41) is 3.18. The molecule has 26 heavy (non-hydrogen) atoms. The Kier molecular flexibility index (Phi) is 5.34. The zero-order chi connectivity index (χ0) is 18.5. The molecule has 3 aromatic rings. The lowest BCUT2D eigenvalue weighted by atomic mass is 10.2. The van der Waals surface area contributed by atoms with Crippen LogP contribution in [0.5, 0.6) is 5.75 Å². The standard InChI is InChI=1S/C19H17ClN4O2/c1-24(14-6-4-3-5-7-14)18-11-16(21-12-22-18)19(25)23-13-8-9-17(26-2)15(20)10-13/h3-12H,1-2H3,(H,23,25). The van der Waals surface area contributed by atoms with E-state index in [1.165, 1.54) is 13.4 Å². The molecule has 0 aliphatic heterocycles. The van der Waals surface area contributed by atoms with Crippen LogP contribution in [0.25, 0.3) is 0 Å². The topological polar surface area (TPSA) is 67.3 Å². The van der Waals surface area contributed by atoms with Gasteiger partial charge in [0.15, 0.2) is 0 Å². The molecule has 7 heteroatoms. The number of carbonyl (C=O) groups excluding carboxylic acids is 1. The minimum atomic E-state index is -0.351. The lowest BCUT2D eigenvalue weighted by Crippen LogP contribution is -2.17. The second-order valence-corrected chi connectivity index (χ2v) is 5.87. The third kappa shape index (κ3) is 3.92. The fourth-order valence-corrected chi connectivity index (χ4v) is 2.64. The van der Waals surface area contributed by atoms with Gasteiger partial charge in [-0.3, -0.25) is 4.79 Å². The molecule has 6 nitrogen and oxygen atoms in total. The predicted octanol–water partition coefficient (Wildman–Crippen LogP) is 4.16. The van der Waals surface area contributed by atoms with Gasteiger partial charge in [0.2, 0.25) is 0 Å². The first-order valence-electron chi connectivity index (χ1n) is 7.84. The first kappa shape index (κ1) is 17.7. The van der Waals surface area contributed by atoms with Gasteiger partial charge >= 0.3 is 0 Å². The Morgan fingerprint density at radius 2 is 1.88 bits per heavy atom. The van der Waals surface area contributed by atoms with E-state index < -0.39 is 0 Å². The number of hydrogen-bond acceptors (Lipinski definition) is 5. The molecule has 0 aliphatic rings. The van der Waals surface area contributed by atoms with E-state index in [9.17, 15) is 4.79 Å². The van der Waals surface area contributed by atoms with Crippen molar-refractivity contribution in [3.63, 3.8) is 0 Å². The molecule has 0 atom stereocenters. The fraction of sp³-hybridized carbons (Fsp3) is 0.105. The van der Waals surface area contributed by atoms with Gasteiger partial charge < -0.3 is 15.0 Å². The van der Waals surface area contributed by atoms with Crippen molar-refractivity contribution in [2.24, 2.45) is 0 Å². The summed E-state index contributed by atoms with van der Waals surface area (Å²) >= 11 is 6.09. The summed E-state index contributed by atoms with van der Waals surface area (Å²) in [4.78, 5) is 22.7. The monoisotopic (exact) mass is 368 g/mol. The number of amides is 1. The second kappa shape index (κ2) is 7.84. The number of ether oxygens (including phenoxy) is 1. The molecule has 1 amide bonds. The molecule has 0 saturated heterocycles. The van der Waals surface area contributed by atoms with Gasteiger partial charge in [0.25, 0.3) is 5.91 Å². The zero-order valence-electron chi connectivity index (χ0n) is 14.3. The number of nitrogens with one attached hydrogen (secondary N) is 1. The number of benzene rings is 2. The van der Waals surface area contributed by atoms with Crippen molar-refractivity contribution in [3.05, 3.63) is 71.6 Å². The number of para-hydroxylation sites is 1. The minimum Gasteiger partial charge on any atom is -0.495 e. The Balaban J connectivity index is 1.79. The number of aromatic nitrogens is 2. The number of nitrogens with zero attached hydrogens (tertiary/aromatic N) is 3. The van der Waals surface area contributed by atoms with Gasteiger partial charge in [-0.05, 0) is 30.3 Å². The van der Waals surface area contributed by atoms with E-state index >= 15 is 0 Å². The van der Waals surface area contributed by atoms with Gasteiger partial charge in [-0.25, -0.2) is 9.97 Å². The third-order valence-corrected chi connectivity index (χ3v) is 4.08. The van der Waals surface area contributed by atoms with E-state index in [0.717, 1.165) is 5.69 Å². The highest BCUT2D eigenvalue weighted by atomic mass is 35.5. The maximum absolute atomic E-state index is 12.5. The Labute approximate surface area is 156 Å². The van der Waals surface area contributed by atoms with Gasteiger partial charge in [-0.15, -0.1) is 0 Å². The van der Waals surface area contributed by atoms with Crippen LogP contribution in [-0.4, -0.2) is 30.0 Å². The van der Waals surface area contributed by atoms with Crippen LogP contribution in [0.15, 0.2) is 60.9 Å². The van der Waals surface area contributed by atoms with E-state index in [1.807, 2.05) is 42.3 Å². The van der Waals surface area contributed by atoms with E-state index in [1.54, 1.807) is 24.3 Å². The maximum Gasteiger partial charge on any atom is 0.274 e. The largest absolute Gasteiger partial charge is 0.495 e. The molecule has 0 radical (unpaired) electrons. The Bertz CT molecular complexity index is 918. The summed E-state index contributed by atoms with van der Waals surface area (Å²) in [6.07, 6.45) is 1.37. The first-order chi connectivity index (χ1) is 12.6. The molecule has 1 N–H and O–H groups in total. The number of rotatable bonds is 5. The van der Waals surface area contributed by atoms with Crippen LogP contribution in [0.3, 0.4) is 0 Å². The molecule has 0 aliphatic carbocycles. The van der Waals surface area contributed by atoms with Crippen molar-refractivity contribution in [1.82, 2.24) is 9.97 Å². The van der Waals surface area contributed by atoms with Crippen molar-refractivity contribution in [2.45, 2.75) is 0 Å². The van der Waals surface area contributed by atoms with Gasteiger partial charge in [-0.2, -0.15) is 0 Å². The smallest absolute Gasteiger partial charge is 0.274 e. The fourth-order valence-electron chi connectivity index (χ4n) is 2.38. The number of anilines is 3.